The molecule has 0 aliphatic heterocycles. The van der Waals surface area contributed by atoms with Crippen LogP contribution in [0.3, 0.4) is 0 Å². The van der Waals surface area contributed by atoms with Gasteiger partial charge in [-0.2, -0.15) is 0 Å². The summed E-state index contributed by atoms with van der Waals surface area (Å²) < 4.78 is 1.89. The Hall–Kier alpha value is -2.08. The largest absolute Gasteiger partial charge is 0.481 e. The van der Waals surface area contributed by atoms with Crippen LogP contribution in [-0.4, -0.2) is 28.1 Å². The van der Waals surface area contributed by atoms with Crippen molar-refractivity contribution in [1.82, 2.24) is 9.88 Å². The number of hydrogen-bond acceptors (Lipinski definition) is 3. The second-order valence-corrected chi connectivity index (χ2v) is 6.83. The standard InChI is InChI=1S/C16H20N2O3S/c1-16(2,15(20)21)7-8-17-14(19)13-6-3-9-18(13)11-12-5-4-10-22-12/h3-6,9-10H,7-8,11H2,1-2H3,(H,17,19)(H,20,21). The summed E-state index contributed by atoms with van der Waals surface area (Å²) in [6.07, 6.45) is 2.26. The second kappa shape index (κ2) is 6.79. The number of carboxylic acid groups (broad SMARTS) is 1. The molecule has 118 valence electrons. The molecule has 2 aromatic heterocycles. The van der Waals surface area contributed by atoms with Gasteiger partial charge in [-0.25, -0.2) is 0 Å². The lowest BCUT2D eigenvalue weighted by molar-refractivity contribution is -0.147. The molecule has 5 nitrogen and oxygen atoms in total. The van der Waals surface area contributed by atoms with Crippen LogP contribution in [0, 0.1) is 5.41 Å². The number of nitrogens with zero attached hydrogens (tertiary/aromatic N) is 1. The molecule has 0 aliphatic carbocycles. The topological polar surface area (TPSA) is 71.3 Å². The van der Waals surface area contributed by atoms with Crippen molar-refractivity contribution in [2.45, 2.75) is 26.8 Å². The van der Waals surface area contributed by atoms with Gasteiger partial charge < -0.3 is 15.0 Å². The Labute approximate surface area is 133 Å². The lowest BCUT2D eigenvalue weighted by atomic mass is 9.90. The van der Waals surface area contributed by atoms with Gasteiger partial charge in [-0.1, -0.05) is 6.07 Å². The fourth-order valence-corrected chi connectivity index (χ4v) is 2.72. The lowest BCUT2D eigenvalue weighted by Crippen LogP contribution is -2.32. The molecule has 0 bridgehead atoms. The number of aromatic nitrogens is 1. The van der Waals surface area contributed by atoms with Crippen LogP contribution in [0.2, 0.25) is 0 Å². The molecule has 2 rings (SSSR count). The summed E-state index contributed by atoms with van der Waals surface area (Å²) in [5.74, 6) is -1.04. The van der Waals surface area contributed by atoms with Gasteiger partial charge in [-0.05, 0) is 43.8 Å². The Morgan fingerprint density at radius 1 is 1.32 bits per heavy atom. The molecule has 0 spiro atoms. The first-order valence-electron chi connectivity index (χ1n) is 7.09. The first-order chi connectivity index (χ1) is 10.4. The Bertz CT molecular complexity index is 644. The summed E-state index contributed by atoms with van der Waals surface area (Å²) in [7, 11) is 0. The number of amides is 1. The molecule has 0 aromatic carbocycles. The normalized spacial score (nSPS) is 11.4. The maximum atomic E-state index is 12.2. The third-order valence-electron chi connectivity index (χ3n) is 3.58. The van der Waals surface area contributed by atoms with E-state index in [1.165, 1.54) is 4.88 Å². The number of carboxylic acids is 1. The van der Waals surface area contributed by atoms with Crippen LogP contribution in [0.1, 0.15) is 35.6 Å². The highest BCUT2D eigenvalue weighted by molar-refractivity contribution is 7.09. The molecule has 0 radical (unpaired) electrons. The molecule has 2 aromatic rings. The van der Waals surface area contributed by atoms with E-state index in [1.807, 2.05) is 34.3 Å². The van der Waals surface area contributed by atoms with E-state index < -0.39 is 11.4 Å². The average molecular weight is 320 g/mol. The smallest absolute Gasteiger partial charge is 0.309 e. The van der Waals surface area contributed by atoms with E-state index in [-0.39, 0.29) is 5.91 Å². The van der Waals surface area contributed by atoms with Crippen molar-refractivity contribution in [2.24, 2.45) is 5.41 Å². The van der Waals surface area contributed by atoms with Crippen molar-refractivity contribution in [3.05, 3.63) is 46.4 Å². The number of rotatable bonds is 7. The van der Waals surface area contributed by atoms with Crippen molar-refractivity contribution in [3.8, 4) is 0 Å². The summed E-state index contributed by atoms with van der Waals surface area (Å²) in [5.41, 5.74) is -0.256. The lowest BCUT2D eigenvalue weighted by Gasteiger charge is -2.19. The van der Waals surface area contributed by atoms with Crippen molar-refractivity contribution < 1.29 is 14.7 Å². The zero-order chi connectivity index (χ0) is 16.2. The molecule has 0 aliphatic rings. The second-order valence-electron chi connectivity index (χ2n) is 5.80. The highest BCUT2D eigenvalue weighted by Gasteiger charge is 2.26. The predicted octanol–water partition coefficient (Wildman–Crippen LogP) is 2.83. The minimum atomic E-state index is -0.859. The van der Waals surface area contributed by atoms with Crippen LogP contribution in [-0.2, 0) is 11.3 Å². The minimum Gasteiger partial charge on any atom is -0.481 e. The highest BCUT2D eigenvalue weighted by atomic mass is 32.1. The maximum Gasteiger partial charge on any atom is 0.309 e. The quantitative estimate of drug-likeness (QED) is 0.824. The van der Waals surface area contributed by atoms with Gasteiger partial charge in [0, 0.05) is 17.6 Å². The minimum absolute atomic E-state index is 0.178. The molecular weight excluding hydrogens is 300 g/mol. The van der Waals surface area contributed by atoms with E-state index in [0.717, 1.165) is 0 Å². The van der Waals surface area contributed by atoms with Crippen LogP contribution in [0.5, 0.6) is 0 Å². The van der Waals surface area contributed by atoms with Gasteiger partial charge in [0.1, 0.15) is 5.69 Å². The van der Waals surface area contributed by atoms with Gasteiger partial charge in [-0.3, -0.25) is 9.59 Å². The van der Waals surface area contributed by atoms with Crippen molar-refractivity contribution in [2.75, 3.05) is 6.54 Å². The number of carbonyl (C=O) groups excluding carboxylic acids is 1. The van der Waals surface area contributed by atoms with Gasteiger partial charge in [0.05, 0.1) is 12.0 Å². The summed E-state index contributed by atoms with van der Waals surface area (Å²) in [5, 5.41) is 13.9. The van der Waals surface area contributed by atoms with Gasteiger partial charge in [-0.15, -0.1) is 11.3 Å². The molecule has 0 atom stereocenters. The van der Waals surface area contributed by atoms with Crippen LogP contribution in [0.4, 0.5) is 0 Å². The summed E-state index contributed by atoms with van der Waals surface area (Å²) in [4.78, 5) is 24.5. The van der Waals surface area contributed by atoms with Gasteiger partial charge in [0.2, 0.25) is 0 Å². The number of aliphatic carboxylic acids is 1. The zero-order valence-corrected chi connectivity index (χ0v) is 13.5. The molecule has 22 heavy (non-hydrogen) atoms. The van der Waals surface area contributed by atoms with E-state index in [4.69, 9.17) is 5.11 Å². The fraction of sp³-hybridized carbons (Fsp3) is 0.375. The molecule has 0 saturated heterocycles. The highest BCUT2D eigenvalue weighted by Crippen LogP contribution is 2.19. The van der Waals surface area contributed by atoms with Crippen LogP contribution in [0.15, 0.2) is 35.8 Å². The average Bonchev–Trinajstić information content (AvgIpc) is 3.10. The predicted molar refractivity (Wildman–Crippen MR) is 86.2 cm³/mol. The number of hydrogen-bond donors (Lipinski definition) is 2. The van der Waals surface area contributed by atoms with E-state index in [9.17, 15) is 9.59 Å². The molecule has 0 unspecified atom stereocenters. The molecule has 0 saturated carbocycles. The van der Waals surface area contributed by atoms with Crippen molar-refractivity contribution in [1.29, 1.82) is 0 Å². The first-order valence-corrected chi connectivity index (χ1v) is 7.97. The zero-order valence-electron chi connectivity index (χ0n) is 12.7. The maximum absolute atomic E-state index is 12.2. The summed E-state index contributed by atoms with van der Waals surface area (Å²) in [6, 6.07) is 7.62. The molecule has 2 N–H and O–H groups in total. The van der Waals surface area contributed by atoms with Crippen molar-refractivity contribution >= 4 is 23.2 Å². The Kier molecular flexibility index (Phi) is 5.03. The number of nitrogens with one attached hydrogen (secondary N) is 1. The van der Waals surface area contributed by atoms with Gasteiger partial charge >= 0.3 is 5.97 Å². The van der Waals surface area contributed by atoms with E-state index in [2.05, 4.69) is 5.32 Å². The van der Waals surface area contributed by atoms with Crippen LogP contribution >= 0.6 is 11.3 Å². The Morgan fingerprint density at radius 3 is 2.73 bits per heavy atom. The fourth-order valence-electron chi connectivity index (χ4n) is 2.01. The van der Waals surface area contributed by atoms with Crippen LogP contribution < -0.4 is 5.32 Å². The van der Waals surface area contributed by atoms with Crippen LogP contribution in [0.25, 0.3) is 0 Å². The van der Waals surface area contributed by atoms with E-state index >= 15 is 0 Å². The monoisotopic (exact) mass is 320 g/mol. The molecule has 0 fully saturated rings. The Balaban J connectivity index is 1.93. The summed E-state index contributed by atoms with van der Waals surface area (Å²) >= 11 is 1.65. The molecule has 6 heteroatoms. The first kappa shape index (κ1) is 16.3. The Morgan fingerprint density at radius 2 is 2.09 bits per heavy atom. The molecular formula is C16H20N2O3S. The third kappa shape index (κ3) is 3.98. The van der Waals surface area contributed by atoms with E-state index in [0.29, 0.717) is 25.2 Å². The molecule has 2 heterocycles. The van der Waals surface area contributed by atoms with Crippen molar-refractivity contribution in [3.63, 3.8) is 0 Å². The number of thiophene rings is 1. The molecule has 1 amide bonds. The van der Waals surface area contributed by atoms with Gasteiger partial charge in [0.15, 0.2) is 0 Å². The van der Waals surface area contributed by atoms with Gasteiger partial charge in [0.25, 0.3) is 5.91 Å². The number of carbonyl (C=O) groups is 2. The van der Waals surface area contributed by atoms with E-state index in [1.54, 1.807) is 31.3 Å². The SMILES string of the molecule is CC(C)(CCNC(=O)c1cccn1Cc1cccs1)C(=O)O. The summed E-state index contributed by atoms with van der Waals surface area (Å²) in [6.45, 7) is 4.30. The third-order valence-corrected chi connectivity index (χ3v) is 4.44.